The van der Waals surface area contributed by atoms with Crippen LogP contribution in [0.5, 0.6) is 0 Å². The van der Waals surface area contributed by atoms with E-state index < -0.39 is 5.82 Å². The summed E-state index contributed by atoms with van der Waals surface area (Å²) in [6, 6.07) is 4.56. The van der Waals surface area contributed by atoms with Crippen LogP contribution in [-0.2, 0) is 6.61 Å². The topological polar surface area (TPSA) is 80.5 Å². The molecular formula is C19H21FN4O. The molecule has 0 aliphatic carbocycles. The maximum Gasteiger partial charge on any atom is 0.130 e. The highest BCUT2D eigenvalue weighted by Gasteiger charge is 2.08. The van der Waals surface area contributed by atoms with E-state index in [2.05, 4.69) is 15.6 Å². The number of aliphatic imine (C=N–C) groups is 1. The van der Waals surface area contributed by atoms with Gasteiger partial charge in [0, 0.05) is 54.9 Å². The molecule has 25 heavy (non-hydrogen) atoms. The van der Waals surface area contributed by atoms with Crippen molar-refractivity contribution in [1.29, 1.82) is 5.41 Å². The normalized spacial score (nSPS) is 14.8. The van der Waals surface area contributed by atoms with Crippen LogP contribution < -0.4 is 10.6 Å². The van der Waals surface area contributed by atoms with Crippen molar-refractivity contribution in [2.75, 3.05) is 12.4 Å². The van der Waals surface area contributed by atoms with Gasteiger partial charge in [0.2, 0.25) is 0 Å². The van der Waals surface area contributed by atoms with Crippen LogP contribution >= 0.6 is 0 Å². The summed E-state index contributed by atoms with van der Waals surface area (Å²) < 4.78 is 13.7. The van der Waals surface area contributed by atoms with E-state index in [0.29, 0.717) is 12.1 Å². The van der Waals surface area contributed by atoms with E-state index in [-0.39, 0.29) is 12.2 Å². The van der Waals surface area contributed by atoms with Gasteiger partial charge in [0.05, 0.1) is 6.61 Å². The molecule has 0 unspecified atom stereocenters. The van der Waals surface area contributed by atoms with Crippen molar-refractivity contribution in [3.63, 3.8) is 0 Å². The highest BCUT2D eigenvalue weighted by Crippen LogP contribution is 2.20. The minimum Gasteiger partial charge on any atom is -0.393 e. The van der Waals surface area contributed by atoms with Crippen molar-refractivity contribution >= 4 is 18.1 Å². The molecular weight excluding hydrogens is 319 g/mol. The fourth-order valence-electron chi connectivity index (χ4n) is 2.34. The number of hydrogen-bond acceptors (Lipinski definition) is 5. The SMILES string of the molecule is CN/C=C(\C=N)C1=C(/C=C/Nc2ccc(CO)c(F)c2)C=NC=CC1. The van der Waals surface area contributed by atoms with Crippen molar-refractivity contribution in [2.45, 2.75) is 13.0 Å². The van der Waals surface area contributed by atoms with E-state index in [1.807, 2.05) is 12.2 Å². The van der Waals surface area contributed by atoms with Gasteiger partial charge in [0.15, 0.2) is 0 Å². The zero-order valence-corrected chi connectivity index (χ0v) is 14.0. The first-order valence-electron chi connectivity index (χ1n) is 7.81. The van der Waals surface area contributed by atoms with Gasteiger partial charge < -0.3 is 21.1 Å². The van der Waals surface area contributed by atoms with Gasteiger partial charge >= 0.3 is 0 Å². The third kappa shape index (κ3) is 4.99. The number of anilines is 1. The molecule has 4 N–H and O–H groups in total. The zero-order valence-electron chi connectivity index (χ0n) is 14.0. The lowest BCUT2D eigenvalue weighted by molar-refractivity contribution is 0.276. The average Bonchev–Trinajstić information content (AvgIpc) is 2.85. The molecule has 1 aliphatic heterocycles. The van der Waals surface area contributed by atoms with Crippen LogP contribution in [0.25, 0.3) is 0 Å². The second-order valence-electron chi connectivity index (χ2n) is 5.28. The molecule has 0 fully saturated rings. The summed E-state index contributed by atoms with van der Waals surface area (Å²) in [6.07, 6.45) is 12.6. The van der Waals surface area contributed by atoms with Gasteiger partial charge in [-0.25, -0.2) is 4.39 Å². The highest BCUT2D eigenvalue weighted by molar-refractivity contribution is 5.92. The molecule has 0 saturated heterocycles. The van der Waals surface area contributed by atoms with E-state index in [4.69, 9.17) is 10.5 Å². The Hall–Kier alpha value is -2.99. The lowest BCUT2D eigenvalue weighted by atomic mass is 9.98. The zero-order chi connectivity index (χ0) is 18.1. The Bertz CT molecular complexity index is 776. The monoisotopic (exact) mass is 340 g/mol. The molecule has 5 nitrogen and oxygen atoms in total. The molecule has 6 heteroatoms. The Morgan fingerprint density at radius 2 is 2.28 bits per heavy atom. The van der Waals surface area contributed by atoms with E-state index in [1.165, 1.54) is 18.3 Å². The molecule has 1 aromatic carbocycles. The molecule has 1 heterocycles. The minimum absolute atomic E-state index is 0.259. The number of nitrogens with one attached hydrogen (secondary N) is 3. The lowest BCUT2D eigenvalue weighted by Crippen LogP contribution is -2.02. The number of allylic oxidation sites excluding steroid dienone is 5. The number of rotatable bonds is 7. The second-order valence-corrected chi connectivity index (χ2v) is 5.28. The summed E-state index contributed by atoms with van der Waals surface area (Å²) in [7, 11) is 1.78. The quantitative estimate of drug-likeness (QED) is 0.575. The van der Waals surface area contributed by atoms with Crippen LogP contribution in [0, 0.1) is 11.2 Å². The molecule has 0 bridgehead atoms. The third-order valence-corrected chi connectivity index (χ3v) is 3.62. The number of benzene rings is 1. The van der Waals surface area contributed by atoms with Crippen molar-refractivity contribution in [3.05, 3.63) is 77.1 Å². The molecule has 0 saturated carbocycles. The van der Waals surface area contributed by atoms with Crippen LogP contribution in [0.1, 0.15) is 12.0 Å². The number of aliphatic hydroxyl groups excluding tert-OH is 1. The lowest BCUT2D eigenvalue weighted by Gasteiger charge is -2.09. The number of hydrogen-bond donors (Lipinski definition) is 4. The summed E-state index contributed by atoms with van der Waals surface area (Å²) >= 11 is 0. The van der Waals surface area contributed by atoms with Crippen molar-refractivity contribution < 1.29 is 9.50 Å². The fourth-order valence-corrected chi connectivity index (χ4v) is 2.34. The maximum absolute atomic E-state index is 13.7. The summed E-state index contributed by atoms with van der Waals surface area (Å²) in [5.74, 6) is -0.455. The van der Waals surface area contributed by atoms with Crippen LogP contribution in [0.2, 0.25) is 0 Å². The van der Waals surface area contributed by atoms with Crippen molar-refractivity contribution in [2.24, 2.45) is 4.99 Å². The largest absolute Gasteiger partial charge is 0.393 e. The Balaban J connectivity index is 2.23. The van der Waals surface area contributed by atoms with Gasteiger partial charge in [-0.1, -0.05) is 12.1 Å². The summed E-state index contributed by atoms with van der Waals surface area (Å²) in [4.78, 5) is 4.19. The summed E-state index contributed by atoms with van der Waals surface area (Å²) in [5, 5.41) is 22.5. The van der Waals surface area contributed by atoms with Crippen molar-refractivity contribution in [1.82, 2.24) is 5.32 Å². The minimum atomic E-state index is -0.455. The van der Waals surface area contributed by atoms with Gasteiger partial charge in [-0.3, -0.25) is 4.99 Å². The molecule has 0 amide bonds. The van der Waals surface area contributed by atoms with E-state index >= 15 is 0 Å². The molecule has 0 radical (unpaired) electrons. The first-order chi connectivity index (χ1) is 12.2. The second kappa shape index (κ2) is 9.34. The Kier molecular flexibility index (Phi) is 6.86. The summed E-state index contributed by atoms with van der Waals surface area (Å²) in [6.45, 7) is -0.328. The van der Waals surface area contributed by atoms with E-state index in [0.717, 1.165) is 16.7 Å². The number of aliphatic hydroxyl groups is 1. The molecule has 0 atom stereocenters. The molecule has 0 aromatic heterocycles. The number of nitrogens with zero attached hydrogens (tertiary/aromatic N) is 1. The molecule has 130 valence electrons. The van der Waals surface area contributed by atoms with Gasteiger partial charge in [-0.2, -0.15) is 0 Å². The van der Waals surface area contributed by atoms with Crippen LogP contribution in [0.3, 0.4) is 0 Å². The smallest absolute Gasteiger partial charge is 0.130 e. The molecule has 1 aliphatic rings. The Morgan fingerprint density at radius 3 is 2.96 bits per heavy atom. The predicted octanol–water partition coefficient (Wildman–Crippen LogP) is 3.28. The average molecular weight is 340 g/mol. The number of halogens is 1. The van der Waals surface area contributed by atoms with Crippen molar-refractivity contribution in [3.8, 4) is 0 Å². The van der Waals surface area contributed by atoms with E-state index in [9.17, 15) is 4.39 Å². The van der Waals surface area contributed by atoms with Crippen LogP contribution in [-0.4, -0.2) is 24.6 Å². The Labute approximate surface area is 146 Å². The first-order valence-corrected chi connectivity index (χ1v) is 7.81. The molecule has 2 rings (SSSR count). The Morgan fingerprint density at radius 1 is 1.44 bits per heavy atom. The maximum atomic E-state index is 13.7. The molecule has 1 aromatic rings. The summed E-state index contributed by atoms with van der Waals surface area (Å²) in [5.41, 5.74) is 3.42. The highest BCUT2D eigenvalue weighted by atomic mass is 19.1. The fraction of sp³-hybridized carbons (Fsp3) is 0.158. The van der Waals surface area contributed by atoms with Crippen LogP contribution in [0.15, 0.2) is 70.7 Å². The van der Waals surface area contributed by atoms with E-state index in [1.54, 1.807) is 37.9 Å². The predicted molar refractivity (Wildman–Crippen MR) is 100 cm³/mol. The van der Waals surface area contributed by atoms with Crippen LogP contribution in [0.4, 0.5) is 10.1 Å². The standard InChI is InChI=1S/C19H21FN4O/c1-22-11-16(10-21)18-3-2-7-23-12-14(18)6-8-24-17-5-4-15(13-25)19(20)9-17/h2,4-12,21-22,24-25H,3,13H2,1H3/b8-6+,16-11+,21-10?. The third-order valence-electron chi connectivity index (χ3n) is 3.62. The van der Waals surface area contributed by atoms with Gasteiger partial charge in [0.1, 0.15) is 5.82 Å². The van der Waals surface area contributed by atoms with Gasteiger partial charge in [-0.15, -0.1) is 0 Å². The molecule has 0 spiro atoms. The first kappa shape index (κ1) is 18.4. The van der Waals surface area contributed by atoms with Gasteiger partial charge in [0.25, 0.3) is 0 Å². The van der Waals surface area contributed by atoms with Gasteiger partial charge in [-0.05, 0) is 35.8 Å².